The number of hydrogen-bond donors (Lipinski definition) is 3. The van der Waals surface area contributed by atoms with Gasteiger partial charge in [0, 0.05) is 13.8 Å². The number of nitrogens with one attached hydrogen (secondary N) is 1. The average molecular weight is 433 g/mol. The van der Waals surface area contributed by atoms with Crippen molar-refractivity contribution >= 4 is 36.7 Å². The Labute approximate surface area is 162 Å². The van der Waals surface area contributed by atoms with Crippen molar-refractivity contribution < 1.29 is 42.3 Å². The van der Waals surface area contributed by atoms with Gasteiger partial charge in [0.2, 0.25) is 5.91 Å². The Morgan fingerprint density at radius 3 is 2.69 bits per heavy atom. The van der Waals surface area contributed by atoms with Crippen molar-refractivity contribution in [1.82, 2.24) is 19.5 Å². The number of fused-ring (bicyclic) bond motifs is 1. The summed E-state index contributed by atoms with van der Waals surface area (Å²) in [5.41, 5.74) is 0.284. The third kappa shape index (κ3) is 4.74. The Hall–Kier alpha value is -2.51. The number of halogens is 1. The van der Waals surface area contributed by atoms with E-state index in [0.29, 0.717) is 0 Å². The Balaban J connectivity index is 1.92. The van der Waals surface area contributed by atoms with Gasteiger partial charge >= 0.3 is 13.8 Å². The summed E-state index contributed by atoms with van der Waals surface area (Å²) in [5.74, 6) is -1.11. The molecule has 13 nitrogen and oxygen atoms in total. The minimum atomic E-state index is -4.86. The molecular weight excluding hydrogens is 416 g/mol. The number of phosphoric acid groups is 1. The second-order valence-corrected chi connectivity index (χ2v) is 7.34. The van der Waals surface area contributed by atoms with E-state index in [1.54, 1.807) is 0 Å². The third-order valence-electron chi connectivity index (χ3n) is 3.90. The summed E-state index contributed by atoms with van der Waals surface area (Å²) in [7, 11) is -4.86. The van der Waals surface area contributed by atoms with E-state index in [1.807, 2.05) is 0 Å². The molecule has 0 radical (unpaired) electrons. The Morgan fingerprint density at radius 2 is 2.07 bits per heavy atom. The fraction of sp³-hybridized carbons (Fsp3) is 0.500. The van der Waals surface area contributed by atoms with Crippen LogP contribution in [0.15, 0.2) is 12.7 Å². The van der Waals surface area contributed by atoms with Crippen LogP contribution in [0.5, 0.6) is 0 Å². The quantitative estimate of drug-likeness (QED) is 0.415. The van der Waals surface area contributed by atoms with Gasteiger partial charge < -0.3 is 24.6 Å². The average Bonchev–Trinajstić information content (AvgIpc) is 3.15. The molecule has 2 aromatic heterocycles. The van der Waals surface area contributed by atoms with Gasteiger partial charge in [-0.1, -0.05) is 0 Å². The van der Waals surface area contributed by atoms with Crippen LogP contribution in [-0.4, -0.2) is 66.2 Å². The fourth-order valence-electron chi connectivity index (χ4n) is 2.85. The number of hydrogen-bond acceptors (Lipinski definition) is 9. The zero-order valence-electron chi connectivity index (χ0n) is 15.1. The highest BCUT2D eigenvalue weighted by molar-refractivity contribution is 7.46. The minimum Gasteiger partial charge on any atom is -0.456 e. The van der Waals surface area contributed by atoms with Crippen molar-refractivity contribution in [3.63, 3.8) is 0 Å². The molecule has 1 aliphatic heterocycles. The van der Waals surface area contributed by atoms with Crippen LogP contribution in [0, 0.1) is 0 Å². The zero-order valence-corrected chi connectivity index (χ0v) is 16.0. The molecule has 0 saturated carbocycles. The number of alkyl halides is 1. The van der Waals surface area contributed by atoms with Crippen LogP contribution in [0.25, 0.3) is 11.2 Å². The van der Waals surface area contributed by atoms with E-state index < -0.39 is 50.9 Å². The Bertz CT molecular complexity index is 980. The zero-order chi connectivity index (χ0) is 21.3. The summed E-state index contributed by atoms with van der Waals surface area (Å²) in [4.78, 5) is 52.3. The number of phosphoric ester groups is 1. The van der Waals surface area contributed by atoms with Gasteiger partial charge in [0.15, 0.2) is 35.5 Å². The summed E-state index contributed by atoms with van der Waals surface area (Å²) < 4.78 is 42.0. The number of carbonyl (C=O) groups is 2. The number of rotatable bonds is 6. The highest BCUT2D eigenvalue weighted by atomic mass is 31.2. The van der Waals surface area contributed by atoms with E-state index in [1.165, 1.54) is 17.8 Å². The second kappa shape index (κ2) is 8.08. The summed E-state index contributed by atoms with van der Waals surface area (Å²) >= 11 is 0. The Morgan fingerprint density at radius 1 is 1.34 bits per heavy atom. The summed E-state index contributed by atoms with van der Waals surface area (Å²) in [5, 5.41) is 2.47. The normalized spacial score (nSPS) is 24.6. The first kappa shape index (κ1) is 21.2. The van der Waals surface area contributed by atoms with Crippen LogP contribution < -0.4 is 5.32 Å². The van der Waals surface area contributed by atoms with Gasteiger partial charge in [-0.15, -0.1) is 0 Å². The lowest BCUT2D eigenvalue weighted by Gasteiger charge is -2.18. The number of nitrogens with zero attached hydrogens (tertiary/aromatic N) is 4. The van der Waals surface area contributed by atoms with Crippen molar-refractivity contribution in [3.05, 3.63) is 12.7 Å². The fourth-order valence-corrected chi connectivity index (χ4v) is 3.19. The molecule has 0 aromatic carbocycles. The van der Waals surface area contributed by atoms with Gasteiger partial charge in [-0.2, -0.15) is 0 Å². The Kier molecular flexibility index (Phi) is 5.91. The monoisotopic (exact) mass is 433 g/mol. The molecule has 29 heavy (non-hydrogen) atoms. The number of ether oxygens (including phenoxy) is 2. The molecule has 3 heterocycles. The smallest absolute Gasteiger partial charge is 0.456 e. The van der Waals surface area contributed by atoms with E-state index in [9.17, 15) is 14.2 Å². The molecule has 4 atom stereocenters. The van der Waals surface area contributed by atoms with Crippen molar-refractivity contribution in [2.75, 3.05) is 11.9 Å². The van der Waals surface area contributed by atoms with Crippen LogP contribution in [-0.2, 0) is 28.2 Å². The number of carbonyl (C=O) groups excluding carboxylic acids is 2. The molecule has 3 N–H and O–H groups in total. The van der Waals surface area contributed by atoms with Crippen molar-refractivity contribution in [3.8, 4) is 0 Å². The van der Waals surface area contributed by atoms with E-state index in [2.05, 4.69) is 24.8 Å². The van der Waals surface area contributed by atoms with Crippen molar-refractivity contribution in [2.24, 2.45) is 0 Å². The lowest BCUT2D eigenvalue weighted by Crippen LogP contribution is -2.35. The van der Waals surface area contributed by atoms with Gasteiger partial charge in [0.1, 0.15) is 12.4 Å². The SMILES string of the molecule is CC(=O)Nc1ncnc2c1ncn2[C@@H]1O[C@H](COP(=O)(O)O)C(OC(C)=O)C1F. The number of aromatic nitrogens is 4. The van der Waals surface area contributed by atoms with Gasteiger partial charge in [-0.05, 0) is 0 Å². The molecule has 0 spiro atoms. The maximum Gasteiger partial charge on any atom is 0.469 e. The van der Waals surface area contributed by atoms with Crippen LogP contribution in [0.3, 0.4) is 0 Å². The maximum atomic E-state index is 15.1. The lowest BCUT2D eigenvalue weighted by atomic mass is 10.1. The third-order valence-corrected chi connectivity index (χ3v) is 4.39. The van der Waals surface area contributed by atoms with Crippen molar-refractivity contribution in [2.45, 2.75) is 38.5 Å². The number of imidazole rings is 1. The molecule has 1 amide bonds. The molecule has 0 bridgehead atoms. The molecule has 3 rings (SSSR count). The molecule has 15 heteroatoms. The summed E-state index contributed by atoms with van der Waals surface area (Å²) in [6.45, 7) is 1.61. The van der Waals surface area contributed by atoms with E-state index in [4.69, 9.17) is 19.3 Å². The van der Waals surface area contributed by atoms with Crippen LogP contribution in [0.4, 0.5) is 10.2 Å². The van der Waals surface area contributed by atoms with E-state index in [-0.39, 0.29) is 17.0 Å². The van der Waals surface area contributed by atoms with Crippen molar-refractivity contribution in [1.29, 1.82) is 0 Å². The standard InChI is InChI=1S/C14H17FN5O8P/c1-6(21)19-12-10-13(17-4-16-12)20(5-18-10)14-9(15)11(27-7(2)22)8(28-14)3-26-29(23,24)25/h4-5,8-9,11,14H,3H2,1-2H3,(H2,23,24,25)(H,16,17,19,21)/t8-,9?,11?,14-/m1/s1. The number of anilines is 1. The minimum absolute atomic E-state index is 0.104. The maximum absolute atomic E-state index is 15.1. The predicted octanol–water partition coefficient (Wildman–Crippen LogP) is 0.0612. The first-order valence-corrected chi connectivity index (χ1v) is 9.72. The van der Waals surface area contributed by atoms with Crippen LogP contribution in [0.2, 0.25) is 0 Å². The highest BCUT2D eigenvalue weighted by Crippen LogP contribution is 2.40. The molecular formula is C14H17FN5O8P. The lowest BCUT2D eigenvalue weighted by molar-refractivity contribution is -0.152. The van der Waals surface area contributed by atoms with Gasteiger partial charge in [-0.3, -0.25) is 18.7 Å². The topological polar surface area (TPSA) is 175 Å². The van der Waals surface area contributed by atoms with Crippen LogP contribution >= 0.6 is 7.82 Å². The highest BCUT2D eigenvalue weighted by Gasteiger charge is 2.49. The molecule has 2 aromatic rings. The molecule has 158 valence electrons. The summed E-state index contributed by atoms with van der Waals surface area (Å²) in [6, 6.07) is 0. The van der Waals surface area contributed by atoms with Gasteiger partial charge in [-0.25, -0.2) is 23.9 Å². The first-order valence-electron chi connectivity index (χ1n) is 8.19. The van der Waals surface area contributed by atoms with Crippen LogP contribution in [0.1, 0.15) is 20.1 Å². The first-order chi connectivity index (χ1) is 13.6. The number of esters is 1. The van der Waals surface area contributed by atoms with E-state index >= 15 is 4.39 Å². The van der Waals surface area contributed by atoms with Gasteiger partial charge in [0.05, 0.1) is 12.9 Å². The molecule has 1 saturated heterocycles. The largest absolute Gasteiger partial charge is 0.469 e. The molecule has 1 fully saturated rings. The van der Waals surface area contributed by atoms with E-state index in [0.717, 1.165) is 13.3 Å². The molecule has 0 aliphatic carbocycles. The second-order valence-electron chi connectivity index (χ2n) is 6.10. The molecule has 2 unspecified atom stereocenters. The molecule has 1 aliphatic rings. The predicted molar refractivity (Wildman–Crippen MR) is 92.0 cm³/mol. The van der Waals surface area contributed by atoms with Gasteiger partial charge in [0.25, 0.3) is 0 Å². The number of amides is 1. The summed E-state index contributed by atoms with van der Waals surface area (Å²) in [6.07, 6.45) is -3.79.